The van der Waals surface area contributed by atoms with Crippen LogP contribution in [-0.2, 0) is 6.54 Å². The zero-order valence-electron chi connectivity index (χ0n) is 15.7. The number of carbonyl (C=O) groups is 1. The highest BCUT2D eigenvalue weighted by molar-refractivity contribution is 5.91. The van der Waals surface area contributed by atoms with Crippen molar-refractivity contribution in [2.45, 2.75) is 13.5 Å². The Morgan fingerprint density at radius 1 is 1.14 bits per heavy atom. The molecule has 0 aliphatic carbocycles. The van der Waals surface area contributed by atoms with Crippen LogP contribution in [0.3, 0.4) is 0 Å². The number of anilines is 1. The monoisotopic (exact) mass is 378 g/mol. The molecule has 0 radical (unpaired) electrons. The summed E-state index contributed by atoms with van der Waals surface area (Å²) < 4.78 is 16.4. The van der Waals surface area contributed by atoms with E-state index in [-0.39, 0.29) is 5.91 Å². The molecule has 4 rings (SSSR count). The minimum absolute atomic E-state index is 0.170. The van der Waals surface area contributed by atoms with Crippen molar-refractivity contribution in [3.8, 4) is 5.75 Å². The summed E-state index contributed by atoms with van der Waals surface area (Å²) in [5.41, 5.74) is 3.20. The van der Waals surface area contributed by atoms with E-state index >= 15 is 0 Å². The maximum absolute atomic E-state index is 12.9. The lowest BCUT2D eigenvalue weighted by Gasteiger charge is -2.25. The van der Waals surface area contributed by atoms with Gasteiger partial charge in [-0.2, -0.15) is 0 Å². The first kappa shape index (κ1) is 18.0. The Bertz CT molecular complexity index is 959. The second-order valence-electron chi connectivity index (χ2n) is 6.56. The van der Waals surface area contributed by atoms with Crippen molar-refractivity contribution < 1.29 is 18.4 Å². The Hall–Kier alpha value is -3.41. The molecule has 6 heteroatoms. The molecule has 0 saturated heterocycles. The van der Waals surface area contributed by atoms with E-state index < -0.39 is 0 Å². The Morgan fingerprint density at radius 3 is 2.75 bits per heavy atom. The van der Waals surface area contributed by atoms with Gasteiger partial charge < -0.3 is 23.8 Å². The molecular weight excluding hydrogens is 356 g/mol. The summed E-state index contributed by atoms with van der Waals surface area (Å²) in [6, 6.07) is 13.0. The normalized spacial score (nSPS) is 12.7. The number of nitrogens with zero attached hydrogens (tertiary/aromatic N) is 1. The molecule has 3 heterocycles. The fourth-order valence-corrected chi connectivity index (χ4v) is 3.25. The van der Waals surface area contributed by atoms with Crippen molar-refractivity contribution in [2.75, 3.05) is 25.0 Å². The van der Waals surface area contributed by atoms with Gasteiger partial charge in [0.1, 0.15) is 11.5 Å². The van der Waals surface area contributed by atoms with Crippen LogP contribution in [0.4, 0.5) is 5.69 Å². The van der Waals surface area contributed by atoms with Crippen molar-refractivity contribution in [3.63, 3.8) is 0 Å². The first-order valence-corrected chi connectivity index (χ1v) is 9.28. The first-order chi connectivity index (χ1) is 13.7. The van der Waals surface area contributed by atoms with Gasteiger partial charge in [0.05, 0.1) is 25.7 Å². The molecule has 144 valence electrons. The van der Waals surface area contributed by atoms with Crippen LogP contribution >= 0.6 is 0 Å². The predicted octanol–water partition coefficient (Wildman–Crippen LogP) is 4.42. The summed E-state index contributed by atoms with van der Waals surface area (Å²) in [6.07, 6.45) is 5.22. The van der Waals surface area contributed by atoms with Crippen molar-refractivity contribution in [2.24, 2.45) is 0 Å². The van der Waals surface area contributed by atoms with E-state index in [4.69, 9.17) is 13.6 Å². The standard InChI is InChI=1S/C22H22N2O4/c1-2-26-18-7-8-20-17(12-18)11-16(13-23-20)14-24(15-19-5-3-9-27-19)22(25)21-6-4-10-28-21/h3-12,23H,2,13-15H2,1H3. The van der Waals surface area contributed by atoms with Gasteiger partial charge >= 0.3 is 0 Å². The van der Waals surface area contributed by atoms with Crippen LogP contribution in [0.15, 0.2) is 69.4 Å². The van der Waals surface area contributed by atoms with E-state index in [1.807, 2.05) is 37.3 Å². The average Bonchev–Trinajstić information content (AvgIpc) is 3.41. The number of amides is 1. The Labute approximate surface area is 163 Å². The van der Waals surface area contributed by atoms with Crippen LogP contribution < -0.4 is 10.1 Å². The third-order valence-corrected chi connectivity index (χ3v) is 4.54. The van der Waals surface area contributed by atoms with Gasteiger partial charge in [-0.15, -0.1) is 0 Å². The van der Waals surface area contributed by atoms with Crippen molar-refractivity contribution in [3.05, 3.63) is 77.6 Å². The van der Waals surface area contributed by atoms with Crippen LogP contribution in [0.2, 0.25) is 0 Å². The number of benzene rings is 1. The van der Waals surface area contributed by atoms with Gasteiger partial charge in [0.15, 0.2) is 5.76 Å². The molecule has 1 aliphatic heterocycles. The number of nitrogens with one attached hydrogen (secondary N) is 1. The van der Waals surface area contributed by atoms with Crippen LogP contribution in [0.25, 0.3) is 6.08 Å². The highest BCUT2D eigenvalue weighted by atomic mass is 16.5. The fourth-order valence-electron chi connectivity index (χ4n) is 3.25. The zero-order chi connectivity index (χ0) is 19.3. The number of ether oxygens (including phenoxy) is 1. The fraction of sp³-hybridized carbons (Fsp3) is 0.227. The number of rotatable bonds is 7. The summed E-state index contributed by atoms with van der Waals surface area (Å²) in [5, 5.41) is 3.41. The van der Waals surface area contributed by atoms with Gasteiger partial charge in [0, 0.05) is 24.3 Å². The molecule has 3 aromatic rings. The molecule has 2 aromatic heterocycles. The van der Waals surface area contributed by atoms with Gasteiger partial charge in [-0.05, 0) is 55.0 Å². The number of fused-ring (bicyclic) bond motifs is 1. The molecule has 0 unspecified atom stereocenters. The number of hydrogen-bond acceptors (Lipinski definition) is 5. The zero-order valence-corrected chi connectivity index (χ0v) is 15.7. The third kappa shape index (κ3) is 3.96. The number of carbonyl (C=O) groups excluding carboxylic acids is 1. The summed E-state index contributed by atoms with van der Waals surface area (Å²) in [7, 11) is 0. The molecular formula is C22H22N2O4. The second-order valence-corrected chi connectivity index (χ2v) is 6.56. The molecule has 1 N–H and O–H groups in total. The molecule has 1 aromatic carbocycles. The highest BCUT2D eigenvalue weighted by Crippen LogP contribution is 2.28. The van der Waals surface area contributed by atoms with E-state index in [2.05, 4.69) is 11.4 Å². The van der Waals surface area contributed by atoms with E-state index in [0.717, 1.165) is 28.3 Å². The van der Waals surface area contributed by atoms with Gasteiger partial charge in [-0.25, -0.2) is 0 Å². The lowest BCUT2D eigenvalue weighted by molar-refractivity contribution is 0.0715. The maximum atomic E-state index is 12.9. The summed E-state index contributed by atoms with van der Waals surface area (Å²) in [4.78, 5) is 14.6. The maximum Gasteiger partial charge on any atom is 0.290 e. The van der Waals surface area contributed by atoms with Crippen LogP contribution in [-0.4, -0.2) is 30.5 Å². The van der Waals surface area contributed by atoms with Crippen molar-refractivity contribution >= 4 is 17.7 Å². The number of furan rings is 2. The molecule has 0 saturated carbocycles. The quantitative estimate of drug-likeness (QED) is 0.659. The largest absolute Gasteiger partial charge is 0.494 e. The van der Waals surface area contributed by atoms with Gasteiger partial charge in [-0.3, -0.25) is 4.79 Å². The SMILES string of the molecule is CCOc1ccc2c(c1)C=C(CN(Cc1ccco1)C(=O)c1ccco1)CN2. The van der Waals surface area contributed by atoms with Gasteiger partial charge in [0.25, 0.3) is 5.91 Å². The van der Waals surface area contributed by atoms with Crippen LogP contribution in [0, 0.1) is 0 Å². The highest BCUT2D eigenvalue weighted by Gasteiger charge is 2.22. The lowest BCUT2D eigenvalue weighted by atomic mass is 10.0. The Morgan fingerprint density at radius 2 is 2.00 bits per heavy atom. The minimum atomic E-state index is -0.170. The second kappa shape index (κ2) is 8.08. The van der Waals surface area contributed by atoms with Crippen molar-refractivity contribution in [1.29, 1.82) is 0 Å². The third-order valence-electron chi connectivity index (χ3n) is 4.54. The predicted molar refractivity (Wildman–Crippen MR) is 106 cm³/mol. The van der Waals surface area contributed by atoms with E-state index in [1.54, 1.807) is 23.3 Å². The van der Waals surface area contributed by atoms with Crippen LogP contribution in [0.5, 0.6) is 5.75 Å². The molecule has 1 aliphatic rings. The first-order valence-electron chi connectivity index (χ1n) is 9.28. The number of hydrogen-bond donors (Lipinski definition) is 1. The smallest absolute Gasteiger partial charge is 0.290 e. The van der Waals surface area contributed by atoms with Crippen molar-refractivity contribution in [1.82, 2.24) is 4.90 Å². The van der Waals surface area contributed by atoms with Gasteiger partial charge in [0.2, 0.25) is 0 Å². The molecule has 28 heavy (non-hydrogen) atoms. The molecule has 0 spiro atoms. The Balaban J connectivity index is 1.57. The summed E-state index contributed by atoms with van der Waals surface area (Å²) in [6.45, 7) is 4.09. The van der Waals surface area contributed by atoms with E-state index in [0.29, 0.717) is 32.0 Å². The van der Waals surface area contributed by atoms with E-state index in [9.17, 15) is 4.79 Å². The molecule has 1 amide bonds. The summed E-state index contributed by atoms with van der Waals surface area (Å²) in [5.74, 6) is 1.70. The van der Waals surface area contributed by atoms with E-state index in [1.165, 1.54) is 6.26 Å². The Kier molecular flexibility index (Phi) is 5.19. The summed E-state index contributed by atoms with van der Waals surface area (Å²) >= 11 is 0. The lowest BCUT2D eigenvalue weighted by Crippen LogP contribution is -2.33. The van der Waals surface area contributed by atoms with Crippen LogP contribution in [0.1, 0.15) is 28.8 Å². The molecule has 0 bridgehead atoms. The minimum Gasteiger partial charge on any atom is -0.494 e. The molecule has 0 fully saturated rings. The average molecular weight is 378 g/mol. The topological polar surface area (TPSA) is 67.8 Å². The molecule has 0 atom stereocenters. The molecule has 6 nitrogen and oxygen atoms in total. The van der Waals surface area contributed by atoms with Gasteiger partial charge in [-0.1, -0.05) is 6.08 Å².